The summed E-state index contributed by atoms with van der Waals surface area (Å²) < 4.78 is 5.42. The number of benzene rings is 1. The summed E-state index contributed by atoms with van der Waals surface area (Å²) >= 11 is 1.65. The maximum Gasteiger partial charge on any atom is 0.271 e. The molecule has 0 bridgehead atoms. The number of hydrogen-bond acceptors (Lipinski definition) is 6. The van der Waals surface area contributed by atoms with Gasteiger partial charge in [0.05, 0.1) is 13.2 Å². The van der Waals surface area contributed by atoms with Gasteiger partial charge in [-0.25, -0.2) is 0 Å². The Bertz CT molecular complexity index is 1100. The minimum absolute atomic E-state index is 0.0121. The second-order valence-electron chi connectivity index (χ2n) is 8.71. The van der Waals surface area contributed by atoms with E-state index in [1.54, 1.807) is 43.1 Å². The zero-order valence-corrected chi connectivity index (χ0v) is 20.5. The van der Waals surface area contributed by atoms with E-state index in [-0.39, 0.29) is 34.9 Å². The lowest BCUT2D eigenvalue weighted by Gasteiger charge is -2.25. The lowest BCUT2D eigenvalue weighted by molar-refractivity contribution is -0.126. The molecule has 4 unspecified atom stereocenters. The lowest BCUT2D eigenvalue weighted by Crippen LogP contribution is -2.50. The molecule has 2 aromatic rings. The first-order valence-corrected chi connectivity index (χ1v) is 12.7. The highest BCUT2D eigenvalue weighted by molar-refractivity contribution is 7.99. The number of aromatic nitrogens is 1. The molecule has 1 aromatic heterocycles. The number of aromatic amines is 1. The molecule has 0 radical (unpaired) electrons. The quantitative estimate of drug-likeness (QED) is 0.494. The first-order valence-electron chi connectivity index (χ1n) is 11.4. The maximum absolute atomic E-state index is 13.5. The van der Waals surface area contributed by atoms with Gasteiger partial charge in [-0.05, 0) is 43.7 Å². The monoisotopic (exact) mass is 485 g/mol. The molecule has 2 aliphatic heterocycles. The first-order chi connectivity index (χ1) is 16.4. The fourth-order valence-electron chi connectivity index (χ4n) is 4.81. The van der Waals surface area contributed by atoms with E-state index in [2.05, 4.69) is 20.6 Å². The van der Waals surface area contributed by atoms with Crippen LogP contribution in [0, 0.1) is 5.92 Å². The van der Waals surface area contributed by atoms with Gasteiger partial charge in [0.1, 0.15) is 17.5 Å². The third-order valence-corrected chi connectivity index (χ3v) is 7.60. The van der Waals surface area contributed by atoms with E-state index in [1.807, 2.05) is 24.5 Å². The smallest absolute Gasteiger partial charge is 0.271 e. The van der Waals surface area contributed by atoms with E-state index in [4.69, 9.17) is 4.74 Å². The van der Waals surface area contributed by atoms with E-state index in [0.717, 1.165) is 17.3 Å². The van der Waals surface area contributed by atoms with Gasteiger partial charge in [-0.1, -0.05) is 6.07 Å². The molecule has 2 aliphatic rings. The van der Waals surface area contributed by atoms with Gasteiger partial charge in [-0.2, -0.15) is 11.8 Å². The number of methoxy groups -OCH3 is 1. The van der Waals surface area contributed by atoms with Crippen LogP contribution in [0.2, 0.25) is 0 Å². The molecule has 3 N–H and O–H groups in total. The summed E-state index contributed by atoms with van der Waals surface area (Å²) in [6, 6.07) is 6.42. The summed E-state index contributed by atoms with van der Waals surface area (Å²) in [4.78, 5) is 47.8. The number of carbonyl (C=O) groups excluding carboxylic acids is 3. The van der Waals surface area contributed by atoms with Gasteiger partial charge in [-0.3, -0.25) is 19.4 Å². The second kappa shape index (κ2) is 10.5. The van der Waals surface area contributed by atoms with E-state index in [1.165, 1.54) is 0 Å². The van der Waals surface area contributed by atoms with Crippen LogP contribution in [-0.4, -0.2) is 84.7 Å². The van der Waals surface area contributed by atoms with Crippen LogP contribution >= 0.6 is 11.8 Å². The average molecular weight is 486 g/mol. The number of likely N-dealkylation sites (tertiary alicyclic amines) is 1. The molecule has 3 amide bonds. The molecule has 182 valence electrons. The fraction of sp³-hybridized carbons (Fsp3) is 0.500. The normalized spacial score (nSPS) is 23.4. The van der Waals surface area contributed by atoms with E-state index in [9.17, 15) is 14.4 Å². The molecule has 2 fully saturated rings. The summed E-state index contributed by atoms with van der Waals surface area (Å²) in [5, 5.41) is 6.85. The Morgan fingerprint density at radius 2 is 2.24 bits per heavy atom. The van der Waals surface area contributed by atoms with Crippen molar-refractivity contribution in [2.75, 3.05) is 33.5 Å². The average Bonchev–Trinajstić information content (AvgIpc) is 3.56. The second-order valence-corrected chi connectivity index (χ2v) is 9.84. The van der Waals surface area contributed by atoms with Gasteiger partial charge in [0.2, 0.25) is 11.8 Å². The number of thioether (sulfide) groups is 1. The van der Waals surface area contributed by atoms with Crippen LogP contribution in [0.5, 0.6) is 5.75 Å². The number of aliphatic imine (C=N–C) groups is 1. The third-order valence-electron chi connectivity index (χ3n) is 6.59. The SMILES string of the molecule is CN=CC(CC1CCNC1=O)NC(=O)C1CC(SC)CN1C(=O)c1cc2c(OC)cccc2[nH]1. The van der Waals surface area contributed by atoms with Crippen LogP contribution < -0.4 is 15.4 Å². The number of nitrogens with zero attached hydrogens (tertiary/aromatic N) is 2. The number of hydrogen-bond donors (Lipinski definition) is 3. The van der Waals surface area contributed by atoms with Crippen molar-refractivity contribution in [1.29, 1.82) is 0 Å². The summed E-state index contributed by atoms with van der Waals surface area (Å²) in [5.41, 5.74) is 1.23. The summed E-state index contributed by atoms with van der Waals surface area (Å²) in [6.45, 7) is 1.14. The van der Waals surface area contributed by atoms with Gasteiger partial charge in [0.25, 0.3) is 5.91 Å². The number of ether oxygens (including phenoxy) is 1. The first kappa shape index (κ1) is 24.1. The zero-order valence-electron chi connectivity index (χ0n) is 19.7. The third kappa shape index (κ3) is 4.91. The van der Waals surface area contributed by atoms with Crippen molar-refractivity contribution in [2.24, 2.45) is 10.9 Å². The molecule has 0 spiro atoms. The van der Waals surface area contributed by atoms with Crippen LogP contribution in [-0.2, 0) is 9.59 Å². The molecule has 9 nitrogen and oxygen atoms in total. The minimum Gasteiger partial charge on any atom is -0.496 e. The summed E-state index contributed by atoms with van der Waals surface area (Å²) in [6.07, 6.45) is 5.47. The van der Waals surface area contributed by atoms with Crippen LogP contribution in [0.3, 0.4) is 0 Å². The topological polar surface area (TPSA) is 116 Å². The predicted octanol–water partition coefficient (Wildman–Crippen LogP) is 1.83. The predicted molar refractivity (Wildman–Crippen MR) is 134 cm³/mol. The van der Waals surface area contributed by atoms with Crippen molar-refractivity contribution in [1.82, 2.24) is 20.5 Å². The number of H-pyrrole nitrogens is 1. The Hall–Kier alpha value is -3.01. The highest BCUT2D eigenvalue weighted by atomic mass is 32.2. The number of amides is 3. The maximum atomic E-state index is 13.5. The number of nitrogens with one attached hydrogen (secondary N) is 3. The van der Waals surface area contributed by atoms with Crippen LogP contribution in [0.4, 0.5) is 0 Å². The van der Waals surface area contributed by atoms with Crippen molar-refractivity contribution < 1.29 is 19.1 Å². The molecule has 0 aliphatic carbocycles. The molecule has 4 atom stereocenters. The summed E-state index contributed by atoms with van der Waals surface area (Å²) in [5.74, 6) is 0.110. The van der Waals surface area contributed by atoms with Crippen molar-refractivity contribution >= 4 is 46.6 Å². The number of fused-ring (bicyclic) bond motifs is 1. The van der Waals surface area contributed by atoms with Crippen molar-refractivity contribution in [3.63, 3.8) is 0 Å². The molecule has 10 heteroatoms. The van der Waals surface area contributed by atoms with Crippen LogP contribution in [0.25, 0.3) is 10.9 Å². The van der Waals surface area contributed by atoms with Crippen molar-refractivity contribution in [3.05, 3.63) is 30.0 Å². The largest absolute Gasteiger partial charge is 0.496 e. The molecule has 1 aromatic carbocycles. The lowest BCUT2D eigenvalue weighted by atomic mass is 9.98. The van der Waals surface area contributed by atoms with E-state index < -0.39 is 6.04 Å². The highest BCUT2D eigenvalue weighted by Crippen LogP contribution is 2.31. The van der Waals surface area contributed by atoms with Crippen molar-refractivity contribution in [3.8, 4) is 5.75 Å². The summed E-state index contributed by atoms with van der Waals surface area (Å²) in [7, 11) is 3.24. The molecule has 34 heavy (non-hydrogen) atoms. The fourth-order valence-corrected chi connectivity index (χ4v) is 5.49. The van der Waals surface area contributed by atoms with Crippen LogP contribution in [0.15, 0.2) is 29.3 Å². The standard InChI is InChI=1S/C24H31N5O4S/c1-25-12-15(9-14-7-8-26-22(14)30)27-23(31)20-10-16(34-3)13-29(20)24(32)19-11-17-18(28-19)5-4-6-21(17)33-2/h4-6,11-12,14-16,20,28H,7-10,13H2,1-3H3,(H,26,30)(H,27,31). The van der Waals surface area contributed by atoms with E-state index in [0.29, 0.717) is 37.4 Å². The number of carbonyl (C=O) groups is 3. The Morgan fingerprint density at radius 3 is 2.91 bits per heavy atom. The van der Waals surface area contributed by atoms with Crippen molar-refractivity contribution in [2.45, 2.75) is 36.6 Å². The highest BCUT2D eigenvalue weighted by Gasteiger charge is 2.41. The van der Waals surface area contributed by atoms with Gasteiger partial charge in [0.15, 0.2) is 0 Å². The Labute approximate surface area is 203 Å². The molecule has 4 rings (SSSR count). The minimum atomic E-state index is -0.594. The molecule has 3 heterocycles. The molecular weight excluding hydrogens is 454 g/mol. The molecule has 0 saturated carbocycles. The zero-order chi connectivity index (χ0) is 24.2. The number of rotatable bonds is 8. The van der Waals surface area contributed by atoms with Gasteiger partial charge in [0, 0.05) is 48.4 Å². The molecular formula is C24H31N5O4S. The Kier molecular flexibility index (Phi) is 7.45. The van der Waals surface area contributed by atoms with Gasteiger partial charge in [-0.15, -0.1) is 0 Å². The van der Waals surface area contributed by atoms with Crippen LogP contribution in [0.1, 0.15) is 29.8 Å². The van der Waals surface area contributed by atoms with E-state index >= 15 is 0 Å². The Morgan fingerprint density at radius 1 is 1.41 bits per heavy atom. The Balaban J connectivity index is 1.53. The van der Waals surface area contributed by atoms with Gasteiger partial charge < -0.3 is 25.3 Å². The molecule has 2 saturated heterocycles. The van der Waals surface area contributed by atoms with Gasteiger partial charge >= 0.3 is 0 Å².